The quantitative estimate of drug-likeness (QED) is 0.695. The Morgan fingerprint density at radius 2 is 2.30 bits per heavy atom. The first kappa shape index (κ1) is 16.7. The van der Waals surface area contributed by atoms with E-state index in [2.05, 4.69) is 10.3 Å². The molecule has 0 radical (unpaired) electrons. The van der Waals surface area contributed by atoms with Crippen LogP contribution in [-0.4, -0.2) is 57.8 Å². The van der Waals surface area contributed by atoms with Crippen LogP contribution in [0.25, 0.3) is 0 Å². The molecule has 0 spiro atoms. The van der Waals surface area contributed by atoms with E-state index in [1.54, 1.807) is 5.38 Å². The maximum absolute atomic E-state index is 12.0. The van der Waals surface area contributed by atoms with Crippen molar-refractivity contribution in [1.29, 1.82) is 0 Å². The summed E-state index contributed by atoms with van der Waals surface area (Å²) in [6, 6.07) is 0.946. The van der Waals surface area contributed by atoms with Gasteiger partial charge in [-0.05, 0) is 19.3 Å². The molecule has 1 aliphatic heterocycles. The average Bonchev–Trinajstić information content (AvgIpc) is 3.07. The molecular weight excluding hydrogens is 334 g/mol. The van der Waals surface area contributed by atoms with E-state index in [0.29, 0.717) is 25.0 Å². The first-order chi connectivity index (χ1) is 11.1. The highest BCUT2D eigenvalue weighted by molar-refractivity contribution is 8.01. The lowest BCUT2D eigenvalue weighted by Crippen LogP contribution is -2.45. The Kier molecular flexibility index (Phi) is 5.55. The Morgan fingerprint density at radius 3 is 2.96 bits per heavy atom. The SMILES string of the molecule is O=C(O)c1csc(SCCN2C(=O)CCC2CNC2CCC2)n1. The summed E-state index contributed by atoms with van der Waals surface area (Å²) in [5, 5.41) is 14.0. The van der Waals surface area contributed by atoms with Crippen molar-refractivity contribution in [1.82, 2.24) is 15.2 Å². The molecule has 2 fully saturated rings. The number of carbonyl (C=O) groups is 2. The van der Waals surface area contributed by atoms with Gasteiger partial charge < -0.3 is 15.3 Å². The molecule has 6 nitrogen and oxygen atoms in total. The number of thioether (sulfide) groups is 1. The number of rotatable bonds is 8. The summed E-state index contributed by atoms with van der Waals surface area (Å²) in [7, 11) is 0. The van der Waals surface area contributed by atoms with Crippen molar-refractivity contribution in [3.63, 3.8) is 0 Å². The van der Waals surface area contributed by atoms with E-state index in [0.717, 1.165) is 23.1 Å². The Morgan fingerprint density at radius 1 is 1.48 bits per heavy atom. The van der Waals surface area contributed by atoms with Crippen LogP contribution in [0.3, 0.4) is 0 Å². The predicted octanol–water partition coefficient (Wildman–Crippen LogP) is 2.07. The van der Waals surface area contributed by atoms with Crippen LogP contribution in [0.1, 0.15) is 42.6 Å². The van der Waals surface area contributed by atoms with Crippen molar-refractivity contribution in [2.24, 2.45) is 0 Å². The van der Waals surface area contributed by atoms with Crippen molar-refractivity contribution in [3.05, 3.63) is 11.1 Å². The number of thiazole rings is 1. The van der Waals surface area contributed by atoms with Crippen molar-refractivity contribution in [2.75, 3.05) is 18.8 Å². The van der Waals surface area contributed by atoms with E-state index in [1.165, 1.54) is 42.4 Å². The Hall–Kier alpha value is -1.12. The van der Waals surface area contributed by atoms with Gasteiger partial charge >= 0.3 is 5.97 Å². The van der Waals surface area contributed by atoms with Crippen LogP contribution in [0.4, 0.5) is 0 Å². The monoisotopic (exact) mass is 355 g/mol. The molecule has 2 N–H and O–H groups in total. The van der Waals surface area contributed by atoms with Crippen LogP contribution < -0.4 is 5.32 Å². The molecule has 1 aromatic rings. The van der Waals surface area contributed by atoms with Crippen molar-refractivity contribution in [2.45, 2.75) is 48.5 Å². The van der Waals surface area contributed by atoms with E-state index >= 15 is 0 Å². The normalized spacial score (nSPS) is 21.7. The Bertz CT molecular complexity index is 574. The van der Waals surface area contributed by atoms with Crippen LogP contribution >= 0.6 is 23.1 Å². The van der Waals surface area contributed by atoms with Crippen LogP contribution in [0.15, 0.2) is 9.72 Å². The summed E-state index contributed by atoms with van der Waals surface area (Å²) in [6.45, 7) is 1.59. The van der Waals surface area contributed by atoms with Crippen molar-refractivity contribution in [3.8, 4) is 0 Å². The third-order valence-electron chi connectivity index (χ3n) is 4.46. The summed E-state index contributed by atoms with van der Waals surface area (Å²) in [5.41, 5.74) is 0.0947. The number of hydrogen-bond acceptors (Lipinski definition) is 6. The van der Waals surface area contributed by atoms with Gasteiger partial charge in [0.1, 0.15) is 0 Å². The number of nitrogens with zero attached hydrogens (tertiary/aromatic N) is 2. The largest absolute Gasteiger partial charge is 0.476 e. The highest BCUT2D eigenvalue weighted by Gasteiger charge is 2.31. The second-order valence-electron chi connectivity index (χ2n) is 5.97. The molecule has 1 aromatic heterocycles. The lowest BCUT2D eigenvalue weighted by atomic mass is 9.93. The molecule has 2 heterocycles. The molecule has 0 bridgehead atoms. The summed E-state index contributed by atoms with van der Waals surface area (Å²) in [6.07, 6.45) is 5.40. The summed E-state index contributed by atoms with van der Waals surface area (Å²) < 4.78 is 0.748. The number of aromatic nitrogens is 1. The smallest absolute Gasteiger partial charge is 0.355 e. The number of hydrogen-bond donors (Lipinski definition) is 2. The molecular formula is C15H21N3O3S2. The molecule has 1 saturated carbocycles. The standard InChI is InChI=1S/C15H21N3O3S2/c19-13-5-4-11(8-16-10-2-1-3-10)18(13)6-7-22-15-17-12(9-23-15)14(20)21/h9-11,16H,1-8H2,(H,20,21). The van der Waals surface area contributed by atoms with Gasteiger partial charge in [-0.2, -0.15) is 0 Å². The first-order valence-corrected chi connectivity index (χ1v) is 9.84. The van der Waals surface area contributed by atoms with Gasteiger partial charge in [-0.15, -0.1) is 11.3 Å². The summed E-state index contributed by atoms with van der Waals surface area (Å²) in [4.78, 5) is 28.9. The van der Waals surface area contributed by atoms with E-state index in [1.807, 2.05) is 4.90 Å². The number of carboxylic acid groups (broad SMARTS) is 1. The maximum atomic E-state index is 12.0. The Labute approximate surface area is 143 Å². The zero-order valence-electron chi connectivity index (χ0n) is 12.9. The lowest BCUT2D eigenvalue weighted by Gasteiger charge is -2.31. The van der Waals surface area contributed by atoms with Crippen LogP contribution in [0, 0.1) is 0 Å². The molecule has 8 heteroatoms. The molecule has 1 unspecified atom stereocenters. The van der Waals surface area contributed by atoms with E-state index in [4.69, 9.17) is 5.11 Å². The molecule has 1 atom stereocenters. The van der Waals surface area contributed by atoms with E-state index in [9.17, 15) is 9.59 Å². The second kappa shape index (κ2) is 7.63. The highest BCUT2D eigenvalue weighted by atomic mass is 32.2. The summed E-state index contributed by atoms with van der Waals surface area (Å²) in [5.74, 6) is -0.0144. The van der Waals surface area contributed by atoms with Gasteiger partial charge in [-0.3, -0.25) is 4.79 Å². The zero-order chi connectivity index (χ0) is 16.2. The van der Waals surface area contributed by atoms with Gasteiger partial charge in [0, 0.05) is 42.7 Å². The number of nitrogens with one attached hydrogen (secondary N) is 1. The first-order valence-electron chi connectivity index (χ1n) is 7.98. The minimum atomic E-state index is -0.995. The molecule has 1 saturated heterocycles. The van der Waals surface area contributed by atoms with Crippen molar-refractivity contribution >= 4 is 35.0 Å². The van der Waals surface area contributed by atoms with E-state index < -0.39 is 5.97 Å². The van der Waals surface area contributed by atoms with E-state index in [-0.39, 0.29) is 11.6 Å². The maximum Gasteiger partial charge on any atom is 0.355 e. The fraction of sp³-hybridized carbons (Fsp3) is 0.667. The molecule has 0 aromatic carbocycles. The highest BCUT2D eigenvalue weighted by Crippen LogP contribution is 2.25. The fourth-order valence-electron chi connectivity index (χ4n) is 2.88. The molecule has 126 valence electrons. The van der Waals surface area contributed by atoms with Gasteiger partial charge in [0.2, 0.25) is 5.91 Å². The molecule has 3 rings (SSSR count). The topological polar surface area (TPSA) is 82.5 Å². The van der Waals surface area contributed by atoms with Crippen LogP contribution in [-0.2, 0) is 4.79 Å². The molecule has 23 heavy (non-hydrogen) atoms. The van der Waals surface area contributed by atoms with Gasteiger partial charge in [-0.25, -0.2) is 9.78 Å². The third kappa shape index (κ3) is 4.24. The lowest BCUT2D eigenvalue weighted by molar-refractivity contribution is -0.128. The Balaban J connectivity index is 1.44. The number of aromatic carboxylic acids is 1. The number of carbonyl (C=O) groups excluding carboxylic acids is 1. The second-order valence-corrected chi connectivity index (χ2v) is 8.17. The zero-order valence-corrected chi connectivity index (χ0v) is 14.5. The molecule has 2 aliphatic rings. The van der Waals surface area contributed by atoms with Gasteiger partial charge in [-0.1, -0.05) is 18.2 Å². The number of amides is 1. The minimum Gasteiger partial charge on any atom is -0.476 e. The third-order valence-corrected chi connectivity index (χ3v) is 6.46. The van der Waals surface area contributed by atoms with Gasteiger partial charge in [0.15, 0.2) is 10.0 Å². The van der Waals surface area contributed by atoms with Crippen LogP contribution in [0.5, 0.6) is 0 Å². The number of carboxylic acids is 1. The molecule has 1 amide bonds. The number of likely N-dealkylation sites (tertiary alicyclic amines) is 1. The van der Waals surface area contributed by atoms with Gasteiger partial charge in [0.25, 0.3) is 0 Å². The minimum absolute atomic E-state index is 0.0947. The average molecular weight is 355 g/mol. The van der Waals surface area contributed by atoms with Gasteiger partial charge in [0.05, 0.1) is 0 Å². The predicted molar refractivity (Wildman–Crippen MR) is 90.2 cm³/mol. The molecule has 1 aliphatic carbocycles. The summed E-state index contributed by atoms with van der Waals surface area (Å²) >= 11 is 2.86. The van der Waals surface area contributed by atoms with Crippen molar-refractivity contribution < 1.29 is 14.7 Å². The van der Waals surface area contributed by atoms with Crippen LogP contribution in [0.2, 0.25) is 0 Å². The fourth-order valence-corrected chi connectivity index (χ4v) is 4.69.